The van der Waals surface area contributed by atoms with Crippen molar-refractivity contribution in [1.29, 1.82) is 0 Å². The average molecular weight is 279 g/mol. The van der Waals surface area contributed by atoms with Crippen LogP contribution in [0, 0.1) is 17.8 Å². The van der Waals surface area contributed by atoms with Crippen LogP contribution >= 0.6 is 0 Å². The van der Waals surface area contributed by atoms with Crippen LogP contribution in [-0.4, -0.2) is 40.3 Å². The Kier molecular flexibility index (Phi) is 3.52. The highest BCUT2D eigenvalue weighted by molar-refractivity contribution is 5.85. The van der Waals surface area contributed by atoms with E-state index in [1.807, 2.05) is 4.90 Å². The van der Waals surface area contributed by atoms with Crippen LogP contribution in [0.1, 0.15) is 44.9 Å². The molecule has 1 N–H and O–H groups in total. The summed E-state index contributed by atoms with van der Waals surface area (Å²) in [5, 5.41) is 9.32. The van der Waals surface area contributed by atoms with Gasteiger partial charge in [-0.05, 0) is 38.0 Å². The summed E-state index contributed by atoms with van der Waals surface area (Å²) in [5.41, 5.74) is 0. The molecule has 2 saturated carbocycles. The van der Waals surface area contributed by atoms with Crippen molar-refractivity contribution < 1.29 is 19.5 Å². The number of hydrogen-bond acceptors (Lipinski definition) is 3. The lowest BCUT2D eigenvalue weighted by Crippen LogP contribution is -2.58. The van der Waals surface area contributed by atoms with E-state index in [4.69, 9.17) is 0 Å². The molecular weight excluding hydrogens is 258 g/mol. The summed E-state index contributed by atoms with van der Waals surface area (Å²) in [6.45, 7) is 0.720. The number of nitrogens with zero attached hydrogens (tertiary/aromatic N) is 1. The summed E-state index contributed by atoms with van der Waals surface area (Å²) in [6, 6.07) is -0.123. The topological polar surface area (TPSA) is 74.7 Å². The van der Waals surface area contributed by atoms with Gasteiger partial charge in [-0.15, -0.1) is 0 Å². The summed E-state index contributed by atoms with van der Waals surface area (Å²) in [7, 11) is 0. The monoisotopic (exact) mass is 279 g/mol. The third kappa shape index (κ3) is 2.34. The van der Waals surface area contributed by atoms with Gasteiger partial charge in [0.15, 0.2) is 0 Å². The molecule has 0 spiro atoms. The molecule has 2 saturated heterocycles. The molecule has 1 amide bonds. The number of carbonyl (C=O) groups excluding carboxylic acids is 2. The van der Waals surface area contributed by atoms with Gasteiger partial charge in [0.2, 0.25) is 5.91 Å². The fourth-order valence-electron chi connectivity index (χ4n) is 4.13. The number of aliphatic carboxylic acids is 1. The van der Waals surface area contributed by atoms with Crippen molar-refractivity contribution in [2.45, 2.75) is 51.0 Å². The Morgan fingerprint density at radius 1 is 1.10 bits per heavy atom. The van der Waals surface area contributed by atoms with E-state index in [1.54, 1.807) is 0 Å². The van der Waals surface area contributed by atoms with Crippen molar-refractivity contribution in [3.8, 4) is 0 Å². The minimum atomic E-state index is -0.768. The van der Waals surface area contributed by atoms with Gasteiger partial charge in [-0.1, -0.05) is 0 Å². The van der Waals surface area contributed by atoms with Crippen molar-refractivity contribution >= 4 is 17.7 Å². The first-order valence-corrected chi connectivity index (χ1v) is 7.61. The predicted octanol–water partition coefficient (Wildman–Crippen LogP) is 1.46. The minimum absolute atomic E-state index is 0.0681. The number of fused-ring (bicyclic) bond motifs is 3. The zero-order valence-corrected chi connectivity index (χ0v) is 11.6. The molecule has 110 valence electrons. The third-order valence-corrected chi connectivity index (χ3v) is 5.27. The molecule has 0 unspecified atom stereocenters. The van der Waals surface area contributed by atoms with E-state index < -0.39 is 11.9 Å². The molecule has 2 aliphatic heterocycles. The SMILES string of the molecule is O=C1CCC(C(=O)N2C[C@@H]3CC[C@H]2[C@H](C(=O)O)C3)CC1. The Hall–Kier alpha value is -1.39. The Morgan fingerprint density at radius 3 is 2.40 bits per heavy atom. The van der Waals surface area contributed by atoms with E-state index >= 15 is 0 Å². The number of rotatable bonds is 2. The standard InChI is InChI=1S/C15H21NO4/c17-11-4-2-10(3-5-11)14(18)16-8-9-1-6-13(16)12(7-9)15(19)20/h9-10,12-13H,1-8H2,(H,19,20)/t9-,12-,13+/m1/s1. The molecule has 0 aromatic carbocycles. The van der Waals surface area contributed by atoms with Gasteiger partial charge in [0, 0.05) is 31.3 Å². The second-order valence-corrected chi connectivity index (χ2v) is 6.49. The molecule has 4 aliphatic rings. The molecule has 2 aliphatic carbocycles. The summed E-state index contributed by atoms with van der Waals surface area (Å²) in [5.74, 6) is -0.541. The van der Waals surface area contributed by atoms with Crippen molar-refractivity contribution in [2.75, 3.05) is 6.54 Å². The highest BCUT2D eigenvalue weighted by Crippen LogP contribution is 2.40. The molecule has 5 nitrogen and oxygen atoms in total. The quantitative estimate of drug-likeness (QED) is 0.830. The van der Waals surface area contributed by atoms with Gasteiger partial charge in [-0.25, -0.2) is 0 Å². The van der Waals surface area contributed by atoms with E-state index in [0.717, 1.165) is 19.4 Å². The van der Waals surface area contributed by atoms with Gasteiger partial charge in [0.25, 0.3) is 0 Å². The van der Waals surface area contributed by atoms with Crippen LogP contribution < -0.4 is 0 Å². The molecule has 3 atom stereocenters. The number of ketones is 1. The van der Waals surface area contributed by atoms with E-state index in [-0.39, 0.29) is 23.7 Å². The molecule has 4 fully saturated rings. The molecule has 2 heterocycles. The normalized spacial score (nSPS) is 34.3. The van der Waals surface area contributed by atoms with Gasteiger partial charge in [0.05, 0.1) is 5.92 Å². The second-order valence-electron chi connectivity index (χ2n) is 6.49. The zero-order chi connectivity index (χ0) is 14.3. The minimum Gasteiger partial charge on any atom is -0.481 e. The lowest BCUT2D eigenvalue weighted by molar-refractivity contribution is -0.158. The Bertz CT molecular complexity index is 437. The lowest BCUT2D eigenvalue weighted by Gasteiger charge is -2.49. The van der Waals surface area contributed by atoms with E-state index in [2.05, 4.69) is 0 Å². The molecule has 0 aromatic rings. The van der Waals surface area contributed by atoms with Crippen molar-refractivity contribution in [3.63, 3.8) is 0 Å². The van der Waals surface area contributed by atoms with Crippen molar-refractivity contribution in [1.82, 2.24) is 4.90 Å². The molecule has 4 rings (SSSR count). The van der Waals surface area contributed by atoms with Crippen LogP contribution in [0.2, 0.25) is 0 Å². The number of hydrogen-bond donors (Lipinski definition) is 1. The fraction of sp³-hybridized carbons (Fsp3) is 0.800. The maximum Gasteiger partial charge on any atom is 0.308 e. The molecule has 5 heteroatoms. The Balaban J connectivity index is 1.71. The Labute approximate surface area is 118 Å². The number of amides is 1. The van der Waals surface area contributed by atoms with Gasteiger partial charge in [-0.2, -0.15) is 0 Å². The number of Topliss-reactive ketones (excluding diaryl/α,β-unsaturated/α-hetero) is 1. The second kappa shape index (κ2) is 5.19. The maximum absolute atomic E-state index is 12.6. The van der Waals surface area contributed by atoms with Gasteiger partial charge >= 0.3 is 5.97 Å². The van der Waals surface area contributed by atoms with Crippen LogP contribution in [0.25, 0.3) is 0 Å². The highest BCUT2D eigenvalue weighted by Gasteiger charge is 2.47. The van der Waals surface area contributed by atoms with Gasteiger partial charge in [-0.3, -0.25) is 14.4 Å². The number of carboxylic acids is 1. The smallest absolute Gasteiger partial charge is 0.308 e. The zero-order valence-electron chi connectivity index (χ0n) is 11.6. The average Bonchev–Trinajstić information content (AvgIpc) is 2.47. The number of piperidine rings is 2. The number of carbonyl (C=O) groups is 3. The third-order valence-electron chi connectivity index (χ3n) is 5.27. The van der Waals surface area contributed by atoms with Crippen molar-refractivity contribution in [3.05, 3.63) is 0 Å². The van der Waals surface area contributed by atoms with Crippen LogP contribution in [0.4, 0.5) is 0 Å². The summed E-state index contributed by atoms with van der Waals surface area (Å²) >= 11 is 0. The highest BCUT2D eigenvalue weighted by atomic mass is 16.4. The largest absolute Gasteiger partial charge is 0.481 e. The van der Waals surface area contributed by atoms with Crippen molar-refractivity contribution in [2.24, 2.45) is 17.8 Å². The Morgan fingerprint density at radius 2 is 1.80 bits per heavy atom. The first-order valence-electron chi connectivity index (χ1n) is 7.61. The molecular formula is C15H21NO4. The van der Waals surface area contributed by atoms with Crippen LogP contribution in [0.3, 0.4) is 0 Å². The van der Waals surface area contributed by atoms with E-state index in [0.29, 0.717) is 38.0 Å². The molecule has 0 aromatic heterocycles. The summed E-state index contributed by atoms with van der Waals surface area (Å²) in [6.07, 6.45) is 4.86. The summed E-state index contributed by atoms with van der Waals surface area (Å²) in [4.78, 5) is 37.1. The predicted molar refractivity (Wildman–Crippen MR) is 70.9 cm³/mol. The molecule has 20 heavy (non-hydrogen) atoms. The van der Waals surface area contributed by atoms with Crippen LogP contribution in [0.5, 0.6) is 0 Å². The molecule has 2 bridgehead atoms. The summed E-state index contributed by atoms with van der Waals surface area (Å²) < 4.78 is 0. The lowest BCUT2D eigenvalue weighted by atomic mass is 9.72. The van der Waals surface area contributed by atoms with Gasteiger partial charge < -0.3 is 10.0 Å². The number of carboxylic acid groups (broad SMARTS) is 1. The van der Waals surface area contributed by atoms with Crippen LogP contribution in [0.15, 0.2) is 0 Å². The van der Waals surface area contributed by atoms with E-state index in [1.165, 1.54) is 0 Å². The first-order chi connectivity index (χ1) is 9.56. The fourth-order valence-corrected chi connectivity index (χ4v) is 4.13. The molecule has 0 radical (unpaired) electrons. The van der Waals surface area contributed by atoms with Gasteiger partial charge in [0.1, 0.15) is 5.78 Å². The van der Waals surface area contributed by atoms with E-state index in [9.17, 15) is 19.5 Å². The first kappa shape index (κ1) is 13.6. The maximum atomic E-state index is 12.6. The van der Waals surface area contributed by atoms with Crippen LogP contribution in [-0.2, 0) is 14.4 Å².